The summed E-state index contributed by atoms with van der Waals surface area (Å²) < 4.78 is 0. The van der Waals surface area contributed by atoms with Gasteiger partial charge in [-0.3, -0.25) is 0 Å². The van der Waals surface area contributed by atoms with Crippen molar-refractivity contribution in [1.29, 1.82) is 0 Å². The van der Waals surface area contributed by atoms with Gasteiger partial charge in [0.1, 0.15) is 0 Å². The maximum atomic E-state index is 5.63. The van der Waals surface area contributed by atoms with E-state index in [0.717, 1.165) is 6.42 Å². The van der Waals surface area contributed by atoms with E-state index in [1.165, 1.54) is 0 Å². The Morgan fingerprint density at radius 3 is 2.44 bits per heavy atom. The SMILES string of the molecule is CN(C)c1nc(N)nc(NC2CC2(C)C)n1. The highest BCUT2D eigenvalue weighted by molar-refractivity contribution is 5.42. The van der Waals surface area contributed by atoms with E-state index in [2.05, 4.69) is 34.1 Å². The standard InChI is InChI=1S/C10H18N6/c1-10(2)5-6(10)12-8-13-7(11)14-9(15-8)16(3)4/h6H,5H2,1-4H3,(H3,11,12,13,14,15). The summed E-state index contributed by atoms with van der Waals surface area (Å²) in [5.41, 5.74) is 5.97. The van der Waals surface area contributed by atoms with E-state index in [1.54, 1.807) is 4.90 Å². The maximum Gasteiger partial charge on any atom is 0.231 e. The third kappa shape index (κ3) is 2.15. The Bertz CT molecular complexity index is 400. The van der Waals surface area contributed by atoms with Gasteiger partial charge in [0.15, 0.2) is 0 Å². The van der Waals surface area contributed by atoms with Crippen molar-refractivity contribution in [1.82, 2.24) is 15.0 Å². The second-order valence-electron chi connectivity index (χ2n) is 5.10. The maximum absolute atomic E-state index is 5.63. The van der Waals surface area contributed by atoms with Crippen LogP contribution in [0.1, 0.15) is 20.3 Å². The predicted molar refractivity (Wildman–Crippen MR) is 64.4 cm³/mol. The van der Waals surface area contributed by atoms with Crippen LogP contribution in [0, 0.1) is 5.41 Å². The van der Waals surface area contributed by atoms with Crippen LogP contribution >= 0.6 is 0 Å². The molecule has 1 heterocycles. The smallest absolute Gasteiger partial charge is 0.231 e. The number of nitrogen functional groups attached to an aromatic ring is 1. The van der Waals surface area contributed by atoms with E-state index < -0.39 is 0 Å². The Morgan fingerprint density at radius 2 is 1.94 bits per heavy atom. The average molecular weight is 222 g/mol. The van der Waals surface area contributed by atoms with Crippen molar-refractivity contribution < 1.29 is 0 Å². The van der Waals surface area contributed by atoms with E-state index in [0.29, 0.717) is 23.4 Å². The Hall–Kier alpha value is -1.59. The number of hydrogen-bond acceptors (Lipinski definition) is 6. The summed E-state index contributed by atoms with van der Waals surface area (Å²) in [6.45, 7) is 4.42. The van der Waals surface area contributed by atoms with E-state index in [4.69, 9.17) is 5.73 Å². The van der Waals surface area contributed by atoms with Crippen LogP contribution in [-0.4, -0.2) is 35.1 Å². The van der Waals surface area contributed by atoms with Gasteiger partial charge >= 0.3 is 0 Å². The van der Waals surface area contributed by atoms with Gasteiger partial charge in [-0.25, -0.2) is 0 Å². The van der Waals surface area contributed by atoms with Crippen molar-refractivity contribution in [3.8, 4) is 0 Å². The zero-order valence-electron chi connectivity index (χ0n) is 10.2. The summed E-state index contributed by atoms with van der Waals surface area (Å²) in [4.78, 5) is 14.2. The van der Waals surface area contributed by atoms with Gasteiger partial charge in [0, 0.05) is 20.1 Å². The normalized spacial score (nSPS) is 21.6. The molecule has 0 aromatic carbocycles. The molecule has 0 spiro atoms. The lowest BCUT2D eigenvalue weighted by Gasteiger charge is -2.12. The second-order valence-corrected chi connectivity index (χ2v) is 5.10. The third-order valence-electron chi connectivity index (χ3n) is 2.86. The van der Waals surface area contributed by atoms with Crippen molar-refractivity contribution in [3.05, 3.63) is 0 Å². The molecule has 1 aromatic rings. The van der Waals surface area contributed by atoms with Gasteiger partial charge in [0.05, 0.1) is 0 Å². The lowest BCUT2D eigenvalue weighted by Crippen LogP contribution is -2.18. The van der Waals surface area contributed by atoms with Crippen molar-refractivity contribution in [3.63, 3.8) is 0 Å². The first kappa shape index (κ1) is 10.9. The summed E-state index contributed by atoms with van der Waals surface area (Å²) >= 11 is 0. The molecule has 1 aliphatic rings. The number of rotatable bonds is 3. The summed E-state index contributed by atoms with van der Waals surface area (Å²) in [6.07, 6.45) is 1.13. The predicted octanol–water partition coefficient (Wildman–Crippen LogP) is 0.730. The van der Waals surface area contributed by atoms with Gasteiger partial charge in [0.25, 0.3) is 0 Å². The van der Waals surface area contributed by atoms with Crippen molar-refractivity contribution in [2.24, 2.45) is 5.41 Å². The molecule has 1 atom stereocenters. The number of hydrogen-bond donors (Lipinski definition) is 2. The molecule has 0 aliphatic heterocycles. The quantitative estimate of drug-likeness (QED) is 0.784. The fraction of sp³-hybridized carbons (Fsp3) is 0.700. The molecule has 88 valence electrons. The van der Waals surface area contributed by atoms with Crippen molar-refractivity contribution in [2.45, 2.75) is 26.3 Å². The van der Waals surface area contributed by atoms with E-state index in [1.807, 2.05) is 14.1 Å². The van der Waals surface area contributed by atoms with E-state index >= 15 is 0 Å². The minimum atomic E-state index is 0.250. The molecular formula is C10H18N6. The highest BCUT2D eigenvalue weighted by Gasteiger charge is 2.46. The van der Waals surface area contributed by atoms with Gasteiger partial charge in [-0.1, -0.05) is 13.8 Å². The van der Waals surface area contributed by atoms with Crippen molar-refractivity contribution >= 4 is 17.8 Å². The van der Waals surface area contributed by atoms with Crippen LogP contribution in [0.4, 0.5) is 17.8 Å². The first-order valence-corrected chi connectivity index (χ1v) is 5.34. The summed E-state index contributed by atoms with van der Waals surface area (Å²) in [5, 5.41) is 3.27. The molecule has 1 saturated carbocycles. The average Bonchev–Trinajstić information content (AvgIpc) is 2.72. The number of aromatic nitrogens is 3. The van der Waals surface area contributed by atoms with Gasteiger partial charge in [-0.2, -0.15) is 15.0 Å². The van der Waals surface area contributed by atoms with Gasteiger partial charge in [0.2, 0.25) is 17.8 Å². The minimum absolute atomic E-state index is 0.250. The van der Waals surface area contributed by atoms with Gasteiger partial charge in [-0.05, 0) is 11.8 Å². The van der Waals surface area contributed by atoms with Crippen LogP contribution in [0.3, 0.4) is 0 Å². The van der Waals surface area contributed by atoms with E-state index in [9.17, 15) is 0 Å². The summed E-state index contributed by atoms with van der Waals surface area (Å²) in [5.74, 6) is 1.39. The zero-order chi connectivity index (χ0) is 11.9. The van der Waals surface area contributed by atoms with Crippen LogP contribution in [0.5, 0.6) is 0 Å². The lowest BCUT2D eigenvalue weighted by molar-refractivity contribution is 0.628. The number of nitrogens with zero attached hydrogens (tertiary/aromatic N) is 4. The number of nitrogens with two attached hydrogens (primary N) is 1. The Morgan fingerprint density at radius 1 is 1.31 bits per heavy atom. The highest BCUT2D eigenvalue weighted by Crippen LogP contribution is 2.46. The second kappa shape index (κ2) is 3.47. The molecule has 0 amide bonds. The molecule has 1 aliphatic carbocycles. The van der Waals surface area contributed by atoms with Gasteiger partial charge in [-0.15, -0.1) is 0 Å². The van der Waals surface area contributed by atoms with Crippen LogP contribution in [0.25, 0.3) is 0 Å². The number of anilines is 3. The lowest BCUT2D eigenvalue weighted by atomic mass is 10.2. The molecule has 16 heavy (non-hydrogen) atoms. The Labute approximate surface area is 95.3 Å². The highest BCUT2D eigenvalue weighted by atomic mass is 15.3. The van der Waals surface area contributed by atoms with E-state index in [-0.39, 0.29) is 5.95 Å². The molecule has 0 bridgehead atoms. The molecule has 0 radical (unpaired) electrons. The molecule has 1 fully saturated rings. The Balaban J connectivity index is 2.15. The summed E-state index contributed by atoms with van der Waals surface area (Å²) in [7, 11) is 3.75. The molecule has 2 rings (SSSR count). The monoisotopic (exact) mass is 222 g/mol. The topological polar surface area (TPSA) is 80.0 Å². The molecule has 6 nitrogen and oxygen atoms in total. The van der Waals surface area contributed by atoms with Crippen LogP contribution in [0.2, 0.25) is 0 Å². The summed E-state index contributed by atoms with van der Waals surface area (Å²) in [6, 6.07) is 0.435. The Kier molecular flexibility index (Phi) is 2.36. The first-order chi connectivity index (χ1) is 7.38. The zero-order valence-corrected chi connectivity index (χ0v) is 10.2. The van der Waals surface area contributed by atoms with Crippen LogP contribution in [-0.2, 0) is 0 Å². The largest absolute Gasteiger partial charge is 0.368 e. The van der Waals surface area contributed by atoms with Gasteiger partial charge < -0.3 is 16.0 Å². The van der Waals surface area contributed by atoms with Crippen LogP contribution in [0.15, 0.2) is 0 Å². The van der Waals surface area contributed by atoms with Crippen LogP contribution < -0.4 is 16.0 Å². The molecule has 1 aromatic heterocycles. The molecule has 0 saturated heterocycles. The molecule has 3 N–H and O–H groups in total. The van der Waals surface area contributed by atoms with Crippen molar-refractivity contribution in [2.75, 3.05) is 30.0 Å². The molecule has 6 heteroatoms. The molecule has 1 unspecified atom stereocenters. The number of nitrogens with one attached hydrogen (secondary N) is 1. The fourth-order valence-electron chi connectivity index (χ4n) is 1.51. The first-order valence-electron chi connectivity index (χ1n) is 5.34. The molecular weight excluding hydrogens is 204 g/mol. The minimum Gasteiger partial charge on any atom is -0.368 e. The third-order valence-corrected chi connectivity index (χ3v) is 2.86. The fourth-order valence-corrected chi connectivity index (χ4v) is 1.51.